The zero-order valence-corrected chi connectivity index (χ0v) is 20.8. The Morgan fingerprint density at radius 2 is 1.76 bits per heavy atom. The number of ether oxygens (including phenoxy) is 1. The van der Waals surface area contributed by atoms with Gasteiger partial charge in [0.15, 0.2) is 15.6 Å². The van der Waals surface area contributed by atoms with E-state index in [4.69, 9.17) is 27.9 Å². The molecule has 1 aliphatic rings. The van der Waals surface area contributed by atoms with Crippen molar-refractivity contribution in [3.63, 3.8) is 0 Å². The maximum absolute atomic E-state index is 14.1. The first-order valence-electron chi connectivity index (χ1n) is 10.5. The second-order valence-corrected chi connectivity index (χ2v) is 11.6. The van der Waals surface area contributed by atoms with Gasteiger partial charge in [0, 0.05) is 18.0 Å². The van der Waals surface area contributed by atoms with Gasteiger partial charge in [-0.05, 0) is 65.8 Å². The van der Waals surface area contributed by atoms with Crippen LogP contribution in [0, 0.1) is 5.82 Å². The molecule has 1 saturated carbocycles. The fourth-order valence-electron chi connectivity index (χ4n) is 3.57. The van der Waals surface area contributed by atoms with Crippen molar-refractivity contribution in [3.05, 3.63) is 81.6 Å². The maximum atomic E-state index is 14.1. The minimum Gasteiger partial charge on any atom is -0.454 e. The average molecular weight is 522 g/mol. The summed E-state index contributed by atoms with van der Waals surface area (Å²) in [5, 5.41) is 2.98. The van der Waals surface area contributed by atoms with Crippen LogP contribution in [0.15, 0.2) is 59.5 Å². The molecule has 0 heterocycles. The molecule has 178 valence electrons. The van der Waals surface area contributed by atoms with Crippen molar-refractivity contribution in [1.82, 2.24) is 0 Å². The van der Waals surface area contributed by atoms with Crippen LogP contribution in [0.3, 0.4) is 0 Å². The van der Waals surface area contributed by atoms with Gasteiger partial charge in [-0.25, -0.2) is 12.8 Å². The summed E-state index contributed by atoms with van der Waals surface area (Å²) in [6.07, 6.45) is 3.05. The van der Waals surface area contributed by atoms with Crippen LogP contribution < -0.4 is 10.1 Å². The number of rotatable bonds is 7. The molecule has 1 amide bonds. The average Bonchev–Trinajstić information content (AvgIpc) is 3.48. The molecule has 0 spiro atoms. The monoisotopic (exact) mass is 521 g/mol. The fourth-order valence-corrected chi connectivity index (χ4v) is 4.83. The lowest BCUT2D eigenvalue weighted by Gasteiger charge is -2.15. The van der Waals surface area contributed by atoms with E-state index in [1.54, 1.807) is 18.2 Å². The van der Waals surface area contributed by atoms with Crippen LogP contribution in [0.25, 0.3) is 0 Å². The topological polar surface area (TPSA) is 72.5 Å². The molecular weight excluding hydrogens is 500 g/mol. The number of sulfone groups is 1. The first kappa shape index (κ1) is 24.5. The predicted octanol–water partition coefficient (Wildman–Crippen LogP) is 6.56. The van der Waals surface area contributed by atoms with E-state index in [1.165, 1.54) is 36.4 Å². The lowest BCUT2D eigenvalue weighted by Crippen LogP contribution is -2.14. The second kappa shape index (κ2) is 9.21. The van der Waals surface area contributed by atoms with Crippen molar-refractivity contribution in [1.29, 1.82) is 0 Å². The molecular formula is C25H22Cl2FNO4S. The standard InChI is InChI=1S/C25H22Cl2FNO4S/c1-25(6-7-25)16-10-17(28)12-19(11-16)33-24-21(26)13-18(14-22(24)27)29-23(30)9-15-4-3-5-20(8-15)34(2,31)32/h3-5,8,10-14H,6-7,9H2,1-2H3,(H,29,30). The molecule has 1 aliphatic carbocycles. The van der Waals surface area contributed by atoms with Gasteiger partial charge in [0.2, 0.25) is 5.91 Å². The van der Waals surface area contributed by atoms with Crippen molar-refractivity contribution in [2.75, 3.05) is 11.6 Å². The molecule has 0 aliphatic heterocycles. The Bertz CT molecular complexity index is 1360. The summed E-state index contributed by atoms with van der Waals surface area (Å²) in [5.41, 5.74) is 1.71. The van der Waals surface area contributed by atoms with Crippen molar-refractivity contribution in [3.8, 4) is 11.5 Å². The Balaban J connectivity index is 1.49. The van der Waals surface area contributed by atoms with Crippen molar-refractivity contribution >= 4 is 44.6 Å². The Kier molecular flexibility index (Phi) is 6.64. The summed E-state index contributed by atoms with van der Waals surface area (Å²) in [6, 6.07) is 13.7. The van der Waals surface area contributed by atoms with E-state index in [2.05, 4.69) is 12.2 Å². The normalized spacial score (nSPS) is 14.5. The van der Waals surface area contributed by atoms with E-state index in [0.717, 1.165) is 24.7 Å². The molecule has 0 bridgehead atoms. The minimum atomic E-state index is -3.38. The molecule has 0 aromatic heterocycles. The Hall–Kier alpha value is -2.61. The molecule has 0 saturated heterocycles. The number of nitrogens with one attached hydrogen (secondary N) is 1. The minimum absolute atomic E-state index is 0.0389. The molecule has 0 atom stereocenters. The Morgan fingerprint density at radius 3 is 2.38 bits per heavy atom. The van der Waals surface area contributed by atoms with E-state index in [9.17, 15) is 17.6 Å². The zero-order valence-electron chi connectivity index (χ0n) is 18.5. The first-order chi connectivity index (χ1) is 15.9. The van der Waals surface area contributed by atoms with Crippen molar-refractivity contribution in [2.24, 2.45) is 0 Å². The van der Waals surface area contributed by atoms with Crippen LogP contribution in [-0.4, -0.2) is 20.6 Å². The lowest BCUT2D eigenvalue weighted by atomic mass is 9.98. The summed E-state index contributed by atoms with van der Waals surface area (Å²) in [6.45, 7) is 2.07. The first-order valence-corrected chi connectivity index (χ1v) is 13.1. The van der Waals surface area contributed by atoms with E-state index < -0.39 is 15.7 Å². The highest BCUT2D eigenvalue weighted by atomic mass is 35.5. The van der Waals surface area contributed by atoms with Crippen LogP contribution in [-0.2, 0) is 26.5 Å². The molecule has 5 nitrogen and oxygen atoms in total. The quantitative estimate of drug-likeness (QED) is 0.382. The molecule has 0 unspecified atom stereocenters. The van der Waals surface area contributed by atoms with Crippen LogP contribution in [0.2, 0.25) is 10.0 Å². The summed E-state index contributed by atoms with van der Waals surface area (Å²) >= 11 is 12.7. The van der Waals surface area contributed by atoms with Crippen molar-refractivity contribution in [2.45, 2.75) is 36.5 Å². The van der Waals surface area contributed by atoms with E-state index in [0.29, 0.717) is 11.3 Å². The number of benzene rings is 3. The predicted molar refractivity (Wildman–Crippen MR) is 131 cm³/mol. The summed E-state index contributed by atoms with van der Waals surface area (Å²) in [4.78, 5) is 12.6. The highest BCUT2D eigenvalue weighted by Crippen LogP contribution is 2.49. The molecule has 9 heteroatoms. The number of carbonyl (C=O) groups excluding carboxylic acids is 1. The van der Waals surface area contributed by atoms with E-state index in [1.807, 2.05) is 0 Å². The van der Waals surface area contributed by atoms with Gasteiger partial charge >= 0.3 is 0 Å². The lowest BCUT2D eigenvalue weighted by molar-refractivity contribution is -0.115. The van der Waals surface area contributed by atoms with Gasteiger partial charge in [0.1, 0.15) is 11.6 Å². The van der Waals surface area contributed by atoms with Crippen LogP contribution in [0.4, 0.5) is 10.1 Å². The third kappa shape index (κ3) is 5.71. The number of hydrogen-bond donors (Lipinski definition) is 1. The zero-order chi connectivity index (χ0) is 24.7. The van der Waals surface area contributed by atoms with Crippen LogP contribution >= 0.6 is 23.2 Å². The van der Waals surface area contributed by atoms with Gasteiger partial charge < -0.3 is 10.1 Å². The van der Waals surface area contributed by atoms with Crippen LogP contribution in [0.5, 0.6) is 11.5 Å². The maximum Gasteiger partial charge on any atom is 0.228 e. The second-order valence-electron chi connectivity index (χ2n) is 8.75. The van der Waals surface area contributed by atoms with Gasteiger partial charge in [-0.15, -0.1) is 0 Å². The number of anilines is 1. The van der Waals surface area contributed by atoms with Gasteiger partial charge in [0.05, 0.1) is 21.4 Å². The van der Waals surface area contributed by atoms with E-state index >= 15 is 0 Å². The number of hydrogen-bond acceptors (Lipinski definition) is 4. The molecule has 0 radical (unpaired) electrons. The largest absolute Gasteiger partial charge is 0.454 e. The fraction of sp³-hybridized carbons (Fsp3) is 0.240. The van der Waals surface area contributed by atoms with Gasteiger partial charge in [-0.1, -0.05) is 42.3 Å². The third-order valence-corrected chi connectivity index (χ3v) is 7.43. The summed E-state index contributed by atoms with van der Waals surface area (Å²) < 4.78 is 43.4. The van der Waals surface area contributed by atoms with Crippen LogP contribution in [0.1, 0.15) is 30.9 Å². The Morgan fingerprint density at radius 1 is 1.09 bits per heavy atom. The molecule has 1 N–H and O–H groups in total. The summed E-state index contributed by atoms with van der Waals surface area (Å²) in [7, 11) is -3.38. The highest BCUT2D eigenvalue weighted by molar-refractivity contribution is 7.90. The highest BCUT2D eigenvalue weighted by Gasteiger charge is 2.39. The number of carbonyl (C=O) groups is 1. The van der Waals surface area contributed by atoms with Gasteiger partial charge in [-0.3, -0.25) is 4.79 Å². The number of amides is 1. The van der Waals surface area contributed by atoms with E-state index in [-0.39, 0.29) is 44.2 Å². The summed E-state index contributed by atoms with van der Waals surface area (Å²) in [5.74, 6) is -0.343. The van der Waals surface area contributed by atoms with Gasteiger partial charge in [0.25, 0.3) is 0 Å². The molecule has 3 aromatic rings. The molecule has 3 aromatic carbocycles. The molecule has 34 heavy (non-hydrogen) atoms. The SMILES string of the molecule is CC1(c2cc(F)cc(Oc3c(Cl)cc(NC(=O)Cc4cccc(S(C)(=O)=O)c4)cc3Cl)c2)CC1. The van der Waals surface area contributed by atoms with Gasteiger partial charge in [-0.2, -0.15) is 0 Å². The molecule has 4 rings (SSSR count). The van der Waals surface area contributed by atoms with Crippen molar-refractivity contribution < 1.29 is 22.3 Å². The number of halogens is 3. The molecule has 1 fully saturated rings. The third-order valence-electron chi connectivity index (χ3n) is 5.76. The Labute approximate surface area is 207 Å². The smallest absolute Gasteiger partial charge is 0.228 e.